The minimum atomic E-state index is -1.04. The maximum atomic E-state index is 12.9. The van der Waals surface area contributed by atoms with Crippen molar-refractivity contribution < 1.29 is 23.7 Å². The third kappa shape index (κ3) is 2.77. The van der Waals surface area contributed by atoms with E-state index in [0.29, 0.717) is 23.7 Å². The minimum Gasteiger partial charge on any atom is -0.490 e. The molecule has 2 aromatic rings. The second kappa shape index (κ2) is 6.53. The third-order valence-corrected chi connectivity index (χ3v) is 5.80. The van der Waals surface area contributed by atoms with Gasteiger partial charge in [0.25, 0.3) is 5.91 Å². The standard InChI is InChI=1S/C21H18BrNO5/c1-12-7-14(10-25-13-5-6-17-18(8-13)27-11-26-17)28-21(9-12)19-15(22)3-2-4-16(19)23-20(21)24/h2-8,14H,9-11H2,1H3,(H,23,24)/t14-,21+/m0/s1. The molecule has 28 heavy (non-hydrogen) atoms. The number of hydrogen-bond acceptors (Lipinski definition) is 5. The monoisotopic (exact) mass is 443 g/mol. The highest BCUT2D eigenvalue weighted by Crippen LogP contribution is 2.49. The lowest BCUT2D eigenvalue weighted by molar-refractivity contribution is -0.151. The summed E-state index contributed by atoms with van der Waals surface area (Å²) in [5.74, 6) is 1.89. The first kappa shape index (κ1) is 17.6. The molecule has 0 aliphatic carbocycles. The Labute approximate surface area is 170 Å². The van der Waals surface area contributed by atoms with Gasteiger partial charge in [-0.15, -0.1) is 0 Å². The molecule has 7 heteroatoms. The minimum absolute atomic E-state index is 0.144. The van der Waals surface area contributed by atoms with Crippen LogP contribution in [0.1, 0.15) is 18.9 Å². The molecule has 0 fully saturated rings. The smallest absolute Gasteiger partial charge is 0.261 e. The summed E-state index contributed by atoms with van der Waals surface area (Å²) >= 11 is 3.58. The topological polar surface area (TPSA) is 66.0 Å². The number of anilines is 1. The fourth-order valence-corrected chi connectivity index (χ4v) is 4.67. The molecule has 0 saturated heterocycles. The van der Waals surface area contributed by atoms with Crippen molar-refractivity contribution in [3.8, 4) is 17.2 Å². The molecule has 2 aromatic carbocycles. The van der Waals surface area contributed by atoms with Gasteiger partial charge >= 0.3 is 0 Å². The number of carbonyl (C=O) groups excluding carboxylic acids is 1. The number of nitrogens with one attached hydrogen (secondary N) is 1. The molecule has 0 aromatic heterocycles. The normalized spacial score (nSPS) is 24.7. The Hall–Kier alpha value is -2.51. The first-order chi connectivity index (χ1) is 13.5. The largest absolute Gasteiger partial charge is 0.490 e. The molecule has 3 aliphatic rings. The van der Waals surface area contributed by atoms with Crippen molar-refractivity contribution in [2.24, 2.45) is 0 Å². The first-order valence-electron chi connectivity index (χ1n) is 9.03. The number of amides is 1. The zero-order valence-corrected chi connectivity index (χ0v) is 16.7. The molecule has 5 rings (SSSR count). The summed E-state index contributed by atoms with van der Waals surface area (Å²) in [7, 11) is 0. The molecule has 2 atom stereocenters. The summed E-state index contributed by atoms with van der Waals surface area (Å²) in [6.45, 7) is 2.52. The molecule has 1 N–H and O–H groups in total. The predicted octanol–water partition coefficient (Wildman–Crippen LogP) is 4.14. The van der Waals surface area contributed by atoms with Gasteiger partial charge in [-0.1, -0.05) is 33.6 Å². The number of ether oxygens (including phenoxy) is 4. The lowest BCUT2D eigenvalue weighted by Crippen LogP contribution is -2.44. The molecule has 0 bridgehead atoms. The zero-order valence-electron chi connectivity index (χ0n) is 15.2. The number of rotatable bonds is 3. The quantitative estimate of drug-likeness (QED) is 0.722. The van der Waals surface area contributed by atoms with E-state index in [0.717, 1.165) is 21.3 Å². The van der Waals surface area contributed by atoms with Crippen molar-refractivity contribution in [3.63, 3.8) is 0 Å². The van der Waals surface area contributed by atoms with E-state index in [1.165, 1.54) is 0 Å². The van der Waals surface area contributed by atoms with Gasteiger partial charge in [0.05, 0.1) is 0 Å². The van der Waals surface area contributed by atoms with Gasteiger partial charge in [0, 0.05) is 28.2 Å². The second-order valence-corrected chi connectivity index (χ2v) is 7.97. The molecule has 144 valence electrons. The third-order valence-electron chi connectivity index (χ3n) is 5.14. The molecule has 6 nitrogen and oxygen atoms in total. The Morgan fingerprint density at radius 1 is 1.25 bits per heavy atom. The van der Waals surface area contributed by atoms with Crippen molar-refractivity contribution >= 4 is 27.5 Å². The highest BCUT2D eigenvalue weighted by molar-refractivity contribution is 9.10. The maximum absolute atomic E-state index is 12.9. The number of halogens is 1. The van der Waals surface area contributed by atoms with Gasteiger partial charge in [-0.05, 0) is 31.2 Å². The van der Waals surface area contributed by atoms with Crippen LogP contribution < -0.4 is 19.5 Å². The number of fused-ring (bicyclic) bond motifs is 3. The van der Waals surface area contributed by atoms with Crippen molar-refractivity contribution in [1.29, 1.82) is 0 Å². The number of carbonyl (C=O) groups is 1. The van der Waals surface area contributed by atoms with Crippen LogP contribution in [0.5, 0.6) is 17.2 Å². The Bertz CT molecular complexity index is 1000. The first-order valence-corrected chi connectivity index (χ1v) is 9.82. The Balaban J connectivity index is 1.39. The second-order valence-electron chi connectivity index (χ2n) is 7.12. The summed E-state index contributed by atoms with van der Waals surface area (Å²) in [5.41, 5.74) is 1.67. The summed E-state index contributed by atoms with van der Waals surface area (Å²) in [6, 6.07) is 11.2. The average Bonchev–Trinajstić information content (AvgIpc) is 3.23. The van der Waals surface area contributed by atoms with Gasteiger partial charge in [0.1, 0.15) is 18.5 Å². The van der Waals surface area contributed by atoms with Crippen molar-refractivity contribution in [3.05, 3.63) is 58.1 Å². The predicted molar refractivity (Wildman–Crippen MR) is 106 cm³/mol. The van der Waals surface area contributed by atoms with E-state index in [2.05, 4.69) is 21.2 Å². The molecular formula is C21H18BrNO5. The van der Waals surface area contributed by atoms with Gasteiger partial charge in [-0.25, -0.2) is 0 Å². The van der Waals surface area contributed by atoms with Crippen LogP contribution in [0.3, 0.4) is 0 Å². The van der Waals surface area contributed by atoms with E-state index in [1.54, 1.807) is 6.07 Å². The van der Waals surface area contributed by atoms with Crippen LogP contribution in [0.4, 0.5) is 5.69 Å². The van der Waals surface area contributed by atoms with Gasteiger partial charge < -0.3 is 24.3 Å². The summed E-state index contributed by atoms with van der Waals surface area (Å²) in [4.78, 5) is 12.9. The van der Waals surface area contributed by atoms with Crippen LogP contribution in [0.15, 0.2) is 52.5 Å². The maximum Gasteiger partial charge on any atom is 0.261 e. The van der Waals surface area contributed by atoms with Crippen molar-refractivity contribution in [2.45, 2.75) is 25.0 Å². The fraction of sp³-hybridized carbons (Fsp3) is 0.286. The molecular weight excluding hydrogens is 426 g/mol. The Morgan fingerprint density at radius 2 is 2.11 bits per heavy atom. The molecule has 0 unspecified atom stereocenters. The Morgan fingerprint density at radius 3 is 3.00 bits per heavy atom. The zero-order chi connectivity index (χ0) is 19.3. The van der Waals surface area contributed by atoms with Gasteiger partial charge in [0.15, 0.2) is 17.1 Å². The van der Waals surface area contributed by atoms with Crippen LogP contribution in [-0.2, 0) is 15.1 Å². The van der Waals surface area contributed by atoms with Crippen LogP contribution in [0.2, 0.25) is 0 Å². The number of hydrogen-bond donors (Lipinski definition) is 1. The summed E-state index contributed by atoms with van der Waals surface area (Å²) in [6.07, 6.45) is 2.16. The van der Waals surface area contributed by atoms with Crippen molar-refractivity contribution in [2.75, 3.05) is 18.7 Å². The number of benzene rings is 2. The highest BCUT2D eigenvalue weighted by Gasteiger charge is 2.52. The van der Waals surface area contributed by atoms with E-state index in [4.69, 9.17) is 18.9 Å². The van der Waals surface area contributed by atoms with E-state index < -0.39 is 5.60 Å². The van der Waals surface area contributed by atoms with E-state index in [9.17, 15) is 4.79 Å². The van der Waals surface area contributed by atoms with Crippen LogP contribution in [-0.4, -0.2) is 25.4 Å². The summed E-state index contributed by atoms with van der Waals surface area (Å²) < 4.78 is 23.8. The Kier molecular flexibility index (Phi) is 4.10. The lowest BCUT2D eigenvalue weighted by Gasteiger charge is -2.36. The van der Waals surface area contributed by atoms with E-state index in [-0.39, 0.29) is 25.4 Å². The van der Waals surface area contributed by atoms with Gasteiger partial charge in [-0.2, -0.15) is 0 Å². The molecule has 0 saturated carbocycles. The van der Waals surface area contributed by atoms with Gasteiger partial charge in [0.2, 0.25) is 6.79 Å². The molecule has 1 spiro atoms. The van der Waals surface area contributed by atoms with Crippen LogP contribution >= 0.6 is 15.9 Å². The molecule has 1 amide bonds. The van der Waals surface area contributed by atoms with Crippen LogP contribution in [0, 0.1) is 0 Å². The van der Waals surface area contributed by atoms with E-state index in [1.807, 2.05) is 43.3 Å². The summed E-state index contributed by atoms with van der Waals surface area (Å²) in [5, 5.41) is 2.95. The van der Waals surface area contributed by atoms with E-state index >= 15 is 0 Å². The van der Waals surface area contributed by atoms with Crippen molar-refractivity contribution in [1.82, 2.24) is 0 Å². The molecule has 0 radical (unpaired) electrons. The average molecular weight is 444 g/mol. The van der Waals surface area contributed by atoms with Crippen LogP contribution in [0.25, 0.3) is 0 Å². The fourth-order valence-electron chi connectivity index (χ4n) is 3.99. The highest BCUT2D eigenvalue weighted by atomic mass is 79.9. The lowest BCUT2D eigenvalue weighted by atomic mass is 9.85. The molecule has 3 heterocycles. The van der Waals surface area contributed by atoms with Gasteiger partial charge in [-0.3, -0.25) is 4.79 Å². The SMILES string of the molecule is CC1=C[C@@H](COc2ccc3c(c2)OCO3)O[C@@]2(C1)C(=O)Nc1cccc(Br)c12. The molecule has 3 aliphatic heterocycles.